The Morgan fingerprint density at radius 2 is 2.05 bits per heavy atom. The Kier molecular flexibility index (Phi) is 4.92. The van der Waals surface area contributed by atoms with Crippen LogP contribution in [0.1, 0.15) is 25.8 Å². The molecule has 0 aliphatic carbocycles. The van der Waals surface area contributed by atoms with Crippen LogP contribution in [0.5, 0.6) is 5.75 Å². The predicted molar refractivity (Wildman–Crippen MR) is 71.2 cm³/mol. The van der Waals surface area contributed by atoms with Crippen molar-refractivity contribution in [2.75, 3.05) is 7.11 Å². The maximum Gasteiger partial charge on any atom is 0.394 e. The van der Waals surface area contributed by atoms with Crippen LogP contribution < -0.4 is 10.1 Å². The average molecular weight is 265 g/mol. The molecule has 1 aromatic rings. The number of aliphatic carboxylic acids is 1. The van der Waals surface area contributed by atoms with Gasteiger partial charge in [0.15, 0.2) is 0 Å². The number of benzene rings is 1. The van der Waals surface area contributed by atoms with Gasteiger partial charge in [0.1, 0.15) is 5.75 Å². The van der Waals surface area contributed by atoms with E-state index in [-0.39, 0.29) is 0 Å². The van der Waals surface area contributed by atoms with Gasteiger partial charge >= 0.3 is 11.9 Å². The highest BCUT2D eigenvalue weighted by Crippen LogP contribution is 2.17. The molecule has 0 atom stereocenters. The molecule has 5 heteroatoms. The van der Waals surface area contributed by atoms with Crippen molar-refractivity contribution in [3.63, 3.8) is 0 Å². The van der Waals surface area contributed by atoms with Crippen molar-refractivity contribution in [1.82, 2.24) is 5.32 Å². The van der Waals surface area contributed by atoms with Crippen molar-refractivity contribution in [1.29, 1.82) is 0 Å². The van der Waals surface area contributed by atoms with Crippen LogP contribution in [0, 0.1) is 0 Å². The van der Waals surface area contributed by atoms with E-state index in [0.29, 0.717) is 6.42 Å². The van der Waals surface area contributed by atoms with Crippen LogP contribution in [-0.2, 0) is 16.0 Å². The summed E-state index contributed by atoms with van der Waals surface area (Å²) in [4.78, 5) is 21.6. The van der Waals surface area contributed by atoms with Crippen LogP contribution in [0.15, 0.2) is 24.3 Å². The lowest BCUT2D eigenvalue weighted by molar-refractivity contribution is -0.151. The van der Waals surface area contributed by atoms with Crippen LogP contribution in [0.3, 0.4) is 0 Å². The molecule has 2 N–H and O–H groups in total. The third-order valence-corrected chi connectivity index (χ3v) is 2.82. The molecule has 0 aliphatic heterocycles. The molecule has 0 aliphatic rings. The second kappa shape index (κ2) is 6.22. The highest BCUT2D eigenvalue weighted by Gasteiger charge is 2.23. The molecule has 0 saturated carbocycles. The second-order valence-electron chi connectivity index (χ2n) is 4.99. The van der Waals surface area contributed by atoms with Gasteiger partial charge in [0, 0.05) is 5.54 Å². The summed E-state index contributed by atoms with van der Waals surface area (Å²) in [5.41, 5.74) is 0.510. The maximum atomic E-state index is 11.1. The van der Waals surface area contributed by atoms with Crippen molar-refractivity contribution in [2.24, 2.45) is 0 Å². The third kappa shape index (κ3) is 4.99. The fraction of sp³-hybridized carbons (Fsp3) is 0.429. The van der Waals surface area contributed by atoms with E-state index in [9.17, 15) is 9.59 Å². The van der Waals surface area contributed by atoms with Crippen LogP contribution in [-0.4, -0.2) is 29.6 Å². The molecular weight excluding hydrogens is 246 g/mol. The number of hydrogen-bond acceptors (Lipinski definition) is 3. The number of nitrogens with one attached hydrogen (secondary N) is 1. The zero-order valence-electron chi connectivity index (χ0n) is 11.4. The van der Waals surface area contributed by atoms with Gasteiger partial charge in [-0.1, -0.05) is 12.1 Å². The topological polar surface area (TPSA) is 75.6 Å². The predicted octanol–water partition coefficient (Wildman–Crippen LogP) is 1.61. The first-order chi connectivity index (χ1) is 8.84. The van der Waals surface area contributed by atoms with E-state index in [4.69, 9.17) is 9.84 Å². The smallest absolute Gasteiger partial charge is 0.394 e. The van der Waals surface area contributed by atoms with Gasteiger partial charge in [-0.25, -0.2) is 4.79 Å². The zero-order chi connectivity index (χ0) is 14.5. The normalized spacial score (nSPS) is 10.9. The number of hydrogen-bond donors (Lipinski definition) is 2. The first-order valence-corrected chi connectivity index (χ1v) is 6.02. The first kappa shape index (κ1) is 15.0. The monoisotopic (exact) mass is 265 g/mol. The number of carbonyl (C=O) groups excluding carboxylic acids is 1. The van der Waals surface area contributed by atoms with Gasteiger partial charge in [-0.05, 0) is 44.4 Å². The molecule has 0 radical (unpaired) electrons. The van der Waals surface area contributed by atoms with Crippen molar-refractivity contribution in [2.45, 2.75) is 32.2 Å². The fourth-order valence-corrected chi connectivity index (χ4v) is 1.71. The van der Waals surface area contributed by atoms with E-state index >= 15 is 0 Å². The molecular formula is C14H19NO4. The molecule has 0 heterocycles. The van der Waals surface area contributed by atoms with Crippen molar-refractivity contribution in [3.8, 4) is 5.75 Å². The molecule has 5 nitrogen and oxygen atoms in total. The van der Waals surface area contributed by atoms with Crippen LogP contribution in [0.4, 0.5) is 0 Å². The zero-order valence-corrected chi connectivity index (χ0v) is 11.4. The van der Waals surface area contributed by atoms with E-state index in [2.05, 4.69) is 5.32 Å². The molecule has 0 fully saturated rings. The summed E-state index contributed by atoms with van der Waals surface area (Å²) in [6, 6.07) is 7.66. The summed E-state index contributed by atoms with van der Waals surface area (Å²) in [7, 11) is 1.61. The summed E-state index contributed by atoms with van der Waals surface area (Å²) < 4.78 is 5.14. The van der Waals surface area contributed by atoms with Crippen LogP contribution >= 0.6 is 0 Å². The van der Waals surface area contributed by atoms with E-state index in [1.807, 2.05) is 24.3 Å². The van der Waals surface area contributed by atoms with Crippen LogP contribution in [0.25, 0.3) is 0 Å². The van der Waals surface area contributed by atoms with Gasteiger partial charge in [0.25, 0.3) is 0 Å². The second-order valence-corrected chi connectivity index (χ2v) is 4.99. The molecule has 0 spiro atoms. The van der Waals surface area contributed by atoms with E-state index in [1.54, 1.807) is 21.0 Å². The Balaban J connectivity index is 2.59. The van der Waals surface area contributed by atoms with Gasteiger partial charge in [-0.3, -0.25) is 4.79 Å². The summed E-state index contributed by atoms with van der Waals surface area (Å²) in [5.74, 6) is -1.66. The number of ether oxygens (including phenoxy) is 1. The quantitative estimate of drug-likeness (QED) is 0.793. The lowest BCUT2D eigenvalue weighted by Gasteiger charge is -2.25. The minimum absolute atomic E-state index is 0.571. The number of methoxy groups -OCH3 is 1. The lowest BCUT2D eigenvalue weighted by Crippen LogP contribution is -2.46. The van der Waals surface area contributed by atoms with E-state index < -0.39 is 17.4 Å². The summed E-state index contributed by atoms with van der Waals surface area (Å²) in [5, 5.41) is 11.1. The molecule has 104 valence electrons. The maximum absolute atomic E-state index is 11.1. The molecule has 0 saturated heterocycles. The molecule has 1 amide bonds. The third-order valence-electron chi connectivity index (χ3n) is 2.82. The number of carboxylic acids is 1. The SMILES string of the molecule is COc1cccc(CCC(C)(C)NC(=O)C(=O)O)c1. The standard InChI is InChI=1S/C14H19NO4/c1-14(2,15-12(16)13(17)18)8-7-10-5-4-6-11(9-10)19-3/h4-6,9H,7-8H2,1-3H3,(H,15,16)(H,17,18). The number of aryl methyl sites for hydroxylation is 1. The van der Waals surface area contributed by atoms with Gasteiger partial charge < -0.3 is 15.2 Å². The molecule has 0 aromatic heterocycles. The number of carbonyl (C=O) groups is 2. The Morgan fingerprint density at radius 1 is 1.37 bits per heavy atom. The molecule has 0 bridgehead atoms. The Bertz CT molecular complexity index is 468. The first-order valence-electron chi connectivity index (χ1n) is 6.02. The Labute approximate surface area is 112 Å². The lowest BCUT2D eigenvalue weighted by atomic mass is 9.95. The summed E-state index contributed by atoms with van der Waals surface area (Å²) in [6.07, 6.45) is 1.36. The summed E-state index contributed by atoms with van der Waals surface area (Å²) >= 11 is 0. The molecule has 1 aromatic carbocycles. The Morgan fingerprint density at radius 3 is 2.63 bits per heavy atom. The molecule has 19 heavy (non-hydrogen) atoms. The van der Waals surface area contributed by atoms with Gasteiger partial charge in [-0.15, -0.1) is 0 Å². The number of amides is 1. The minimum atomic E-state index is -1.46. The van der Waals surface area contributed by atoms with Crippen LogP contribution in [0.2, 0.25) is 0 Å². The van der Waals surface area contributed by atoms with Gasteiger partial charge in [0.05, 0.1) is 7.11 Å². The number of rotatable bonds is 5. The highest BCUT2D eigenvalue weighted by atomic mass is 16.5. The fourth-order valence-electron chi connectivity index (χ4n) is 1.71. The van der Waals surface area contributed by atoms with E-state index in [0.717, 1.165) is 17.7 Å². The van der Waals surface area contributed by atoms with Gasteiger partial charge in [0.2, 0.25) is 0 Å². The van der Waals surface area contributed by atoms with Crippen molar-refractivity contribution < 1.29 is 19.4 Å². The van der Waals surface area contributed by atoms with Crippen molar-refractivity contribution >= 4 is 11.9 Å². The molecule has 0 unspecified atom stereocenters. The highest BCUT2D eigenvalue weighted by molar-refractivity contribution is 6.31. The largest absolute Gasteiger partial charge is 0.497 e. The van der Waals surface area contributed by atoms with Crippen molar-refractivity contribution in [3.05, 3.63) is 29.8 Å². The molecule has 1 rings (SSSR count). The van der Waals surface area contributed by atoms with E-state index in [1.165, 1.54) is 0 Å². The number of carboxylic acid groups (broad SMARTS) is 1. The van der Waals surface area contributed by atoms with Gasteiger partial charge in [-0.2, -0.15) is 0 Å². The Hall–Kier alpha value is -2.04. The minimum Gasteiger partial charge on any atom is -0.497 e. The summed E-state index contributed by atoms with van der Waals surface area (Å²) in [6.45, 7) is 3.60. The average Bonchev–Trinajstić information content (AvgIpc) is 2.36.